The van der Waals surface area contributed by atoms with Crippen molar-refractivity contribution in [2.24, 2.45) is 13.0 Å². The van der Waals surface area contributed by atoms with Crippen LogP contribution >= 0.6 is 15.9 Å². The molecule has 0 radical (unpaired) electrons. The molecule has 1 aliphatic carbocycles. The molecule has 96 valence electrons. The molecule has 1 saturated carbocycles. The lowest BCUT2D eigenvalue weighted by atomic mass is 10.0. The molecule has 0 amide bonds. The van der Waals surface area contributed by atoms with Crippen molar-refractivity contribution in [3.05, 3.63) is 15.9 Å². The highest BCUT2D eigenvalue weighted by Crippen LogP contribution is 2.23. The van der Waals surface area contributed by atoms with Gasteiger partial charge in [-0.1, -0.05) is 6.92 Å². The standard InChI is InChI=1S/C13H22BrN3/c1-9(8-15-11-5-6-11)4-7-12-13(14)10(2)16-17(12)3/h9,11,15H,4-8H2,1-3H3. The molecule has 3 nitrogen and oxygen atoms in total. The van der Waals surface area contributed by atoms with Crippen molar-refractivity contribution >= 4 is 15.9 Å². The van der Waals surface area contributed by atoms with Gasteiger partial charge in [-0.15, -0.1) is 0 Å². The predicted octanol–water partition coefficient (Wildman–Crippen LogP) is 2.81. The van der Waals surface area contributed by atoms with Crippen LogP contribution in [0.15, 0.2) is 4.47 Å². The second-order valence-corrected chi connectivity index (χ2v) is 6.09. The number of halogens is 1. The number of aromatic nitrogens is 2. The smallest absolute Gasteiger partial charge is 0.0738 e. The Balaban J connectivity index is 1.79. The SMILES string of the molecule is Cc1nn(C)c(CCC(C)CNC2CC2)c1Br. The van der Waals surface area contributed by atoms with E-state index in [1.807, 2.05) is 18.7 Å². The Morgan fingerprint density at radius 2 is 2.24 bits per heavy atom. The molecule has 2 rings (SSSR count). The molecule has 1 heterocycles. The number of aryl methyl sites for hydroxylation is 2. The van der Waals surface area contributed by atoms with Crippen LogP contribution in [0.3, 0.4) is 0 Å². The second-order valence-electron chi connectivity index (χ2n) is 5.30. The molecule has 1 atom stereocenters. The summed E-state index contributed by atoms with van der Waals surface area (Å²) < 4.78 is 3.18. The summed E-state index contributed by atoms with van der Waals surface area (Å²) in [6, 6.07) is 0.822. The molecule has 0 spiro atoms. The number of nitrogens with one attached hydrogen (secondary N) is 1. The Morgan fingerprint density at radius 1 is 1.53 bits per heavy atom. The van der Waals surface area contributed by atoms with Crippen LogP contribution in [0.2, 0.25) is 0 Å². The van der Waals surface area contributed by atoms with E-state index in [1.54, 1.807) is 0 Å². The van der Waals surface area contributed by atoms with Crippen molar-refractivity contribution in [3.63, 3.8) is 0 Å². The number of hydrogen-bond acceptors (Lipinski definition) is 2. The highest BCUT2D eigenvalue weighted by atomic mass is 79.9. The van der Waals surface area contributed by atoms with Gasteiger partial charge in [0.1, 0.15) is 0 Å². The molecule has 4 heteroatoms. The molecule has 0 aliphatic heterocycles. The van der Waals surface area contributed by atoms with Gasteiger partial charge >= 0.3 is 0 Å². The molecule has 1 fully saturated rings. The minimum Gasteiger partial charge on any atom is -0.314 e. The third-order valence-corrected chi connectivity index (χ3v) is 4.50. The first-order valence-corrected chi connectivity index (χ1v) is 7.28. The lowest BCUT2D eigenvalue weighted by Crippen LogP contribution is -2.23. The van der Waals surface area contributed by atoms with Gasteiger partial charge in [-0.3, -0.25) is 4.68 Å². The van der Waals surface area contributed by atoms with Gasteiger partial charge in [0.25, 0.3) is 0 Å². The molecule has 1 aromatic rings. The monoisotopic (exact) mass is 299 g/mol. The van der Waals surface area contributed by atoms with Crippen LogP contribution in [0.1, 0.15) is 37.6 Å². The van der Waals surface area contributed by atoms with Crippen molar-refractivity contribution < 1.29 is 0 Å². The normalized spacial score (nSPS) is 17.4. The van der Waals surface area contributed by atoms with Gasteiger partial charge in [-0.05, 0) is 61.0 Å². The van der Waals surface area contributed by atoms with Gasteiger partial charge in [0.05, 0.1) is 15.9 Å². The van der Waals surface area contributed by atoms with Crippen molar-refractivity contribution in [3.8, 4) is 0 Å². The molecular weight excluding hydrogens is 278 g/mol. The van der Waals surface area contributed by atoms with Crippen LogP contribution in [-0.2, 0) is 13.5 Å². The van der Waals surface area contributed by atoms with Crippen LogP contribution in [0, 0.1) is 12.8 Å². The highest BCUT2D eigenvalue weighted by molar-refractivity contribution is 9.10. The minimum absolute atomic E-state index is 0.734. The fourth-order valence-corrected chi connectivity index (χ4v) is 2.63. The first kappa shape index (κ1) is 13.1. The Labute approximate surface area is 112 Å². The van der Waals surface area contributed by atoms with Gasteiger partial charge < -0.3 is 5.32 Å². The fourth-order valence-electron chi connectivity index (χ4n) is 2.09. The van der Waals surface area contributed by atoms with Gasteiger partial charge in [0.15, 0.2) is 0 Å². The van der Waals surface area contributed by atoms with Crippen LogP contribution in [0.5, 0.6) is 0 Å². The van der Waals surface area contributed by atoms with E-state index in [1.165, 1.54) is 29.4 Å². The largest absolute Gasteiger partial charge is 0.314 e. The maximum absolute atomic E-state index is 4.43. The van der Waals surface area contributed by atoms with E-state index in [0.717, 1.165) is 30.6 Å². The minimum atomic E-state index is 0.734. The molecule has 0 aromatic carbocycles. The van der Waals surface area contributed by atoms with Crippen molar-refractivity contribution in [1.82, 2.24) is 15.1 Å². The molecule has 17 heavy (non-hydrogen) atoms. The molecule has 0 saturated heterocycles. The number of rotatable bonds is 6. The van der Waals surface area contributed by atoms with Crippen molar-refractivity contribution in [1.29, 1.82) is 0 Å². The Hall–Kier alpha value is -0.350. The Bertz CT molecular complexity index is 382. The van der Waals surface area contributed by atoms with Crippen LogP contribution in [-0.4, -0.2) is 22.4 Å². The first-order valence-electron chi connectivity index (χ1n) is 6.49. The number of hydrogen-bond donors (Lipinski definition) is 1. The van der Waals surface area contributed by atoms with Gasteiger partial charge in [-0.2, -0.15) is 5.10 Å². The zero-order valence-electron chi connectivity index (χ0n) is 11.0. The molecular formula is C13H22BrN3. The average Bonchev–Trinajstić information content (AvgIpc) is 3.06. The van der Waals surface area contributed by atoms with Gasteiger partial charge in [-0.25, -0.2) is 0 Å². The lowest BCUT2D eigenvalue weighted by Gasteiger charge is -2.12. The summed E-state index contributed by atoms with van der Waals surface area (Å²) in [6.07, 6.45) is 5.07. The van der Waals surface area contributed by atoms with Crippen LogP contribution in [0.4, 0.5) is 0 Å². The van der Waals surface area contributed by atoms with Gasteiger partial charge in [0, 0.05) is 13.1 Å². The lowest BCUT2D eigenvalue weighted by molar-refractivity contribution is 0.472. The van der Waals surface area contributed by atoms with Crippen LogP contribution in [0.25, 0.3) is 0 Å². The quantitative estimate of drug-likeness (QED) is 0.875. The summed E-state index contributed by atoms with van der Waals surface area (Å²) in [4.78, 5) is 0. The predicted molar refractivity (Wildman–Crippen MR) is 74.2 cm³/mol. The zero-order valence-corrected chi connectivity index (χ0v) is 12.5. The Kier molecular flexibility index (Phi) is 4.26. The highest BCUT2D eigenvalue weighted by Gasteiger charge is 2.21. The summed E-state index contributed by atoms with van der Waals surface area (Å²) in [5.74, 6) is 0.734. The van der Waals surface area contributed by atoms with E-state index in [2.05, 4.69) is 33.3 Å². The van der Waals surface area contributed by atoms with Gasteiger partial charge in [0.2, 0.25) is 0 Å². The summed E-state index contributed by atoms with van der Waals surface area (Å²) in [6.45, 7) is 5.53. The van der Waals surface area contributed by atoms with E-state index in [0.29, 0.717) is 0 Å². The zero-order chi connectivity index (χ0) is 12.4. The maximum atomic E-state index is 4.43. The number of nitrogens with zero attached hydrogens (tertiary/aromatic N) is 2. The molecule has 1 unspecified atom stereocenters. The topological polar surface area (TPSA) is 29.9 Å². The average molecular weight is 300 g/mol. The molecule has 1 N–H and O–H groups in total. The third-order valence-electron chi connectivity index (χ3n) is 3.47. The van der Waals surface area contributed by atoms with E-state index in [4.69, 9.17) is 0 Å². The summed E-state index contributed by atoms with van der Waals surface area (Å²) in [5.41, 5.74) is 2.41. The molecule has 1 aromatic heterocycles. The van der Waals surface area contributed by atoms with Crippen molar-refractivity contribution in [2.45, 2.75) is 45.6 Å². The summed E-state index contributed by atoms with van der Waals surface area (Å²) >= 11 is 3.62. The fraction of sp³-hybridized carbons (Fsp3) is 0.769. The third kappa shape index (κ3) is 3.55. The first-order chi connectivity index (χ1) is 8.08. The van der Waals surface area contributed by atoms with E-state index in [-0.39, 0.29) is 0 Å². The van der Waals surface area contributed by atoms with Crippen molar-refractivity contribution in [2.75, 3.05) is 6.54 Å². The van der Waals surface area contributed by atoms with E-state index < -0.39 is 0 Å². The molecule has 1 aliphatic rings. The summed E-state index contributed by atoms with van der Waals surface area (Å²) in [7, 11) is 2.03. The summed E-state index contributed by atoms with van der Waals surface area (Å²) in [5, 5.41) is 8.02. The molecule has 0 bridgehead atoms. The second kappa shape index (κ2) is 5.53. The Morgan fingerprint density at radius 3 is 2.76 bits per heavy atom. The maximum Gasteiger partial charge on any atom is 0.0738 e. The van der Waals surface area contributed by atoms with E-state index >= 15 is 0 Å². The van der Waals surface area contributed by atoms with E-state index in [9.17, 15) is 0 Å². The van der Waals surface area contributed by atoms with Crippen LogP contribution < -0.4 is 5.32 Å².